The molecule has 0 amide bonds. The maximum Gasteiger partial charge on any atom is 0.280 e. The fourth-order valence-electron chi connectivity index (χ4n) is 1.81. The number of aromatic amines is 1. The molecule has 1 fully saturated rings. The molecule has 1 unspecified atom stereocenters. The first kappa shape index (κ1) is 12.4. The number of aromatic nitrogens is 4. The summed E-state index contributed by atoms with van der Waals surface area (Å²) in [5.74, 6) is 0.339. The number of piperidine rings is 1. The molecule has 0 saturated carbocycles. The summed E-state index contributed by atoms with van der Waals surface area (Å²) in [6, 6.07) is -0.485. The summed E-state index contributed by atoms with van der Waals surface area (Å²) in [5.41, 5.74) is 0. The number of hydrogen-bond acceptors (Lipinski definition) is 5. The Hall–Kier alpha value is -1.06. The third kappa shape index (κ3) is 2.99. The molecule has 1 atom stereocenters. The number of nitrogens with one attached hydrogen (secondary N) is 2. The minimum Gasteiger partial charge on any atom is -0.195 e. The average molecular weight is 260 g/mol. The number of tetrazole rings is 1. The van der Waals surface area contributed by atoms with Gasteiger partial charge in [-0.15, -0.1) is 10.2 Å². The zero-order chi connectivity index (χ0) is 12.3. The minimum atomic E-state index is -3.45. The Balaban J connectivity index is 2.01. The first-order valence-electron chi connectivity index (χ1n) is 5.60. The molecule has 1 aromatic heterocycles. The predicted molar refractivity (Wildman–Crippen MR) is 60.1 cm³/mol. The second-order valence-electron chi connectivity index (χ2n) is 4.07. The quantitative estimate of drug-likeness (QED) is 0.765. The van der Waals surface area contributed by atoms with Gasteiger partial charge < -0.3 is 0 Å². The van der Waals surface area contributed by atoms with E-state index in [2.05, 4.69) is 25.3 Å². The van der Waals surface area contributed by atoms with Crippen LogP contribution in [-0.2, 0) is 10.2 Å². The Morgan fingerprint density at radius 1 is 1.35 bits per heavy atom. The van der Waals surface area contributed by atoms with Crippen molar-refractivity contribution < 1.29 is 8.42 Å². The lowest BCUT2D eigenvalue weighted by Gasteiger charge is -2.26. The summed E-state index contributed by atoms with van der Waals surface area (Å²) >= 11 is 0. The van der Waals surface area contributed by atoms with Gasteiger partial charge in [-0.3, -0.25) is 0 Å². The molecule has 2 heterocycles. The number of H-pyrrole nitrogens is 1. The lowest BCUT2D eigenvalue weighted by Crippen LogP contribution is -2.44. The fourth-order valence-corrected chi connectivity index (χ4v) is 3.25. The average Bonchev–Trinajstić information content (AvgIpc) is 2.83. The Kier molecular flexibility index (Phi) is 3.69. The van der Waals surface area contributed by atoms with E-state index >= 15 is 0 Å². The van der Waals surface area contributed by atoms with E-state index in [1.54, 1.807) is 6.92 Å². The van der Waals surface area contributed by atoms with Crippen molar-refractivity contribution in [2.75, 3.05) is 13.1 Å². The van der Waals surface area contributed by atoms with E-state index in [0.717, 1.165) is 19.3 Å². The highest BCUT2D eigenvalue weighted by Crippen LogP contribution is 2.14. The van der Waals surface area contributed by atoms with Gasteiger partial charge in [-0.25, -0.2) is 0 Å². The van der Waals surface area contributed by atoms with Gasteiger partial charge in [0, 0.05) is 13.1 Å². The summed E-state index contributed by atoms with van der Waals surface area (Å²) < 4.78 is 28.0. The largest absolute Gasteiger partial charge is 0.280 e. The predicted octanol–water partition coefficient (Wildman–Crippen LogP) is -0.419. The van der Waals surface area contributed by atoms with Crippen LogP contribution in [0.5, 0.6) is 0 Å². The van der Waals surface area contributed by atoms with Gasteiger partial charge in [-0.05, 0) is 19.8 Å². The lowest BCUT2D eigenvalue weighted by molar-refractivity contribution is 0.339. The highest BCUT2D eigenvalue weighted by molar-refractivity contribution is 7.87. The zero-order valence-electron chi connectivity index (χ0n) is 9.63. The first-order valence-corrected chi connectivity index (χ1v) is 7.04. The second-order valence-corrected chi connectivity index (χ2v) is 5.78. The molecular weight excluding hydrogens is 244 g/mol. The molecule has 1 aliphatic rings. The highest BCUT2D eigenvalue weighted by atomic mass is 32.2. The van der Waals surface area contributed by atoms with Crippen LogP contribution >= 0.6 is 0 Å². The molecule has 2 N–H and O–H groups in total. The van der Waals surface area contributed by atoms with Crippen molar-refractivity contribution in [2.45, 2.75) is 32.2 Å². The van der Waals surface area contributed by atoms with Gasteiger partial charge in [0.2, 0.25) is 0 Å². The Labute approximate surface area is 100.0 Å². The van der Waals surface area contributed by atoms with Gasteiger partial charge in [0.1, 0.15) is 0 Å². The molecule has 1 aliphatic heterocycles. The van der Waals surface area contributed by atoms with Gasteiger partial charge in [-0.2, -0.15) is 22.7 Å². The van der Waals surface area contributed by atoms with Crippen molar-refractivity contribution in [1.29, 1.82) is 0 Å². The van der Waals surface area contributed by atoms with E-state index in [1.165, 1.54) is 4.31 Å². The number of hydrogen-bond donors (Lipinski definition) is 2. The molecule has 0 spiro atoms. The van der Waals surface area contributed by atoms with Crippen molar-refractivity contribution >= 4 is 10.2 Å². The molecule has 17 heavy (non-hydrogen) atoms. The van der Waals surface area contributed by atoms with Crippen molar-refractivity contribution in [3.05, 3.63) is 5.82 Å². The van der Waals surface area contributed by atoms with Gasteiger partial charge >= 0.3 is 0 Å². The van der Waals surface area contributed by atoms with Crippen LogP contribution in [0.3, 0.4) is 0 Å². The van der Waals surface area contributed by atoms with Gasteiger partial charge in [0.25, 0.3) is 10.2 Å². The summed E-state index contributed by atoms with van der Waals surface area (Å²) in [4.78, 5) is 0. The number of nitrogens with zero attached hydrogens (tertiary/aromatic N) is 4. The van der Waals surface area contributed by atoms with Gasteiger partial charge in [0.05, 0.1) is 6.04 Å². The minimum absolute atomic E-state index is 0.339. The van der Waals surface area contributed by atoms with Crippen LogP contribution in [0.15, 0.2) is 0 Å². The second kappa shape index (κ2) is 5.07. The Morgan fingerprint density at radius 2 is 2.06 bits per heavy atom. The van der Waals surface area contributed by atoms with Crippen LogP contribution in [0.1, 0.15) is 38.1 Å². The van der Waals surface area contributed by atoms with Crippen molar-refractivity contribution in [3.63, 3.8) is 0 Å². The van der Waals surface area contributed by atoms with E-state index in [9.17, 15) is 8.42 Å². The fraction of sp³-hybridized carbons (Fsp3) is 0.875. The normalized spacial score (nSPS) is 20.3. The molecule has 0 aliphatic carbocycles. The maximum absolute atomic E-state index is 12.0. The third-order valence-electron chi connectivity index (χ3n) is 2.73. The number of rotatable bonds is 4. The Morgan fingerprint density at radius 3 is 2.65 bits per heavy atom. The monoisotopic (exact) mass is 260 g/mol. The van der Waals surface area contributed by atoms with E-state index in [4.69, 9.17) is 0 Å². The first-order chi connectivity index (χ1) is 8.09. The van der Waals surface area contributed by atoms with Crippen LogP contribution in [0.2, 0.25) is 0 Å². The summed E-state index contributed by atoms with van der Waals surface area (Å²) in [5, 5.41) is 13.2. The molecule has 0 bridgehead atoms. The van der Waals surface area contributed by atoms with Crippen LogP contribution in [0.25, 0.3) is 0 Å². The topological polar surface area (TPSA) is 104 Å². The van der Waals surface area contributed by atoms with E-state index in [-0.39, 0.29) is 0 Å². The van der Waals surface area contributed by atoms with Gasteiger partial charge in [0.15, 0.2) is 5.82 Å². The standard InChI is InChI=1S/C8H16N6O2S/c1-7(8-9-12-13-10-8)11-17(15,16)14-5-3-2-4-6-14/h7,11H,2-6H2,1H3,(H,9,10,12,13). The van der Waals surface area contributed by atoms with Crippen molar-refractivity contribution in [2.24, 2.45) is 0 Å². The Bertz CT molecular complexity index is 439. The van der Waals surface area contributed by atoms with E-state index in [1.807, 2.05) is 0 Å². The molecule has 96 valence electrons. The van der Waals surface area contributed by atoms with Crippen molar-refractivity contribution in [1.82, 2.24) is 29.7 Å². The molecule has 1 saturated heterocycles. The molecular formula is C8H16N6O2S. The molecule has 1 aromatic rings. The third-order valence-corrected chi connectivity index (χ3v) is 4.43. The molecule has 2 rings (SSSR count). The SMILES string of the molecule is CC(NS(=O)(=O)N1CCCCC1)c1nn[nH]n1. The van der Waals surface area contributed by atoms with Gasteiger partial charge in [-0.1, -0.05) is 11.6 Å². The van der Waals surface area contributed by atoms with Crippen molar-refractivity contribution in [3.8, 4) is 0 Å². The highest BCUT2D eigenvalue weighted by Gasteiger charge is 2.26. The van der Waals surface area contributed by atoms with Crippen LogP contribution in [0, 0.1) is 0 Å². The van der Waals surface area contributed by atoms with E-state index < -0.39 is 16.3 Å². The molecule has 8 nitrogen and oxygen atoms in total. The molecule has 9 heteroatoms. The smallest absolute Gasteiger partial charge is 0.195 e. The summed E-state index contributed by atoms with van der Waals surface area (Å²) in [7, 11) is -3.45. The zero-order valence-corrected chi connectivity index (χ0v) is 10.4. The van der Waals surface area contributed by atoms with Crippen LogP contribution in [-0.4, -0.2) is 46.4 Å². The summed E-state index contributed by atoms with van der Waals surface area (Å²) in [6.07, 6.45) is 2.92. The molecule has 0 radical (unpaired) electrons. The maximum atomic E-state index is 12.0. The van der Waals surface area contributed by atoms with Crippen LogP contribution < -0.4 is 4.72 Å². The van der Waals surface area contributed by atoms with Crippen LogP contribution in [0.4, 0.5) is 0 Å². The molecule has 0 aromatic carbocycles. The lowest BCUT2D eigenvalue weighted by atomic mass is 10.2. The summed E-state index contributed by atoms with van der Waals surface area (Å²) in [6.45, 7) is 2.84. The van der Waals surface area contributed by atoms with E-state index in [0.29, 0.717) is 18.9 Å².